The van der Waals surface area contributed by atoms with Crippen molar-refractivity contribution in [1.29, 1.82) is 0 Å². The van der Waals surface area contributed by atoms with Crippen LogP contribution in [0.2, 0.25) is 0 Å². The van der Waals surface area contributed by atoms with E-state index in [9.17, 15) is 8.42 Å². The van der Waals surface area contributed by atoms with E-state index >= 15 is 0 Å². The quantitative estimate of drug-likeness (QED) is 0.657. The summed E-state index contributed by atoms with van der Waals surface area (Å²) in [5.41, 5.74) is 2.26. The molecule has 4 heterocycles. The van der Waals surface area contributed by atoms with Crippen molar-refractivity contribution in [2.45, 2.75) is 18.9 Å². The minimum Gasteiger partial charge on any atom is -0.471 e. The summed E-state index contributed by atoms with van der Waals surface area (Å²) in [4.78, 5) is 4.63. The zero-order chi connectivity index (χ0) is 19.0. The minimum absolute atomic E-state index is 0.271. The number of ether oxygens (including phenoxy) is 1. The Kier molecular flexibility index (Phi) is 4.44. The number of aryl methyl sites for hydroxylation is 1. The van der Waals surface area contributed by atoms with E-state index in [1.165, 1.54) is 4.31 Å². The number of aromatic nitrogens is 5. The van der Waals surface area contributed by atoms with Crippen molar-refractivity contribution >= 4 is 15.5 Å². The lowest BCUT2D eigenvalue weighted by Gasteiger charge is -2.31. The number of rotatable bonds is 5. The van der Waals surface area contributed by atoms with Crippen LogP contribution in [0.1, 0.15) is 12.8 Å². The van der Waals surface area contributed by atoms with Gasteiger partial charge in [-0.15, -0.1) is 0 Å². The molecule has 0 aromatic carbocycles. The highest BCUT2D eigenvalue weighted by Gasteiger charge is 2.29. The third-order valence-corrected chi connectivity index (χ3v) is 6.02. The fourth-order valence-electron chi connectivity index (χ4n) is 3.17. The molecule has 142 valence electrons. The zero-order valence-corrected chi connectivity index (χ0v) is 15.7. The van der Waals surface area contributed by atoms with Gasteiger partial charge < -0.3 is 4.74 Å². The van der Waals surface area contributed by atoms with Crippen LogP contribution in [0.5, 0.6) is 5.88 Å². The zero-order valence-electron chi connectivity index (χ0n) is 14.9. The van der Waals surface area contributed by atoms with Gasteiger partial charge in [0.1, 0.15) is 11.6 Å². The van der Waals surface area contributed by atoms with Crippen molar-refractivity contribution in [1.82, 2.24) is 28.7 Å². The molecule has 1 fully saturated rings. The van der Waals surface area contributed by atoms with Crippen molar-refractivity contribution in [2.75, 3.05) is 13.1 Å². The molecule has 3 aromatic heterocycles. The lowest BCUT2D eigenvalue weighted by Crippen LogP contribution is -2.43. The van der Waals surface area contributed by atoms with Crippen LogP contribution in [0.25, 0.3) is 16.8 Å². The van der Waals surface area contributed by atoms with E-state index in [1.807, 2.05) is 25.5 Å². The Balaban J connectivity index is 1.65. The molecule has 9 nitrogen and oxygen atoms in total. The Hall–Kier alpha value is -2.72. The molecule has 27 heavy (non-hydrogen) atoms. The number of piperidine rings is 1. The topological polar surface area (TPSA) is 94.6 Å². The smallest absolute Gasteiger partial charge is 0.241 e. The molecule has 10 heteroatoms. The first-order valence-electron chi connectivity index (χ1n) is 8.59. The maximum atomic E-state index is 12.1. The van der Waals surface area contributed by atoms with Crippen LogP contribution in [0.3, 0.4) is 0 Å². The monoisotopic (exact) mass is 388 g/mol. The summed E-state index contributed by atoms with van der Waals surface area (Å²) in [7, 11) is -1.62. The van der Waals surface area contributed by atoms with Gasteiger partial charge in [0.05, 0.1) is 30.8 Å². The average molecular weight is 388 g/mol. The van der Waals surface area contributed by atoms with Crippen molar-refractivity contribution in [3.8, 4) is 17.1 Å². The highest BCUT2D eigenvalue weighted by Crippen LogP contribution is 2.26. The molecule has 4 rings (SSSR count). The number of sulfonamides is 1. The molecule has 1 atom stereocenters. The van der Waals surface area contributed by atoms with E-state index in [4.69, 9.17) is 4.74 Å². The molecule has 0 N–H and O–H groups in total. The standard InChI is InChI=1S/C17H20N6O3S/c1-3-27(24,25)22-8-4-5-14(11-22)26-17-16-6-7-18-23(16)12-15(20-17)13-9-19-21(2)10-13/h3,6-7,9-10,12,14H,1,4-5,8,11H2,2H3/t14-/m0/s1. The SMILES string of the molecule is C=CS(=O)(=O)N1CCC[C@H](Oc2nc(-c3cnn(C)c3)cn3nccc23)C1. The van der Waals surface area contributed by atoms with Crippen LogP contribution in [-0.4, -0.2) is 56.3 Å². The minimum atomic E-state index is -3.46. The van der Waals surface area contributed by atoms with Crippen LogP contribution in [0, 0.1) is 0 Å². The van der Waals surface area contributed by atoms with E-state index in [1.54, 1.807) is 21.6 Å². The summed E-state index contributed by atoms with van der Waals surface area (Å²) < 4.78 is 35.1. The van der Waals surface area contributed by atoms with Crippen molar-refractivity contribution in [3.05, 3.63) is 42.8 Å². The van der Waals surface area contributed by atoms with Crippen LogP contribution in [-0.2, 0) is 17.1 Å². The maximum Gasteiger partial charge on any atom is 0.241 e. The summed E-state index contributed by atoms with van der Waals surface area (Å²) in [6.07, 6.45) is 8.25. The Bertz CT molecular complexity index is 1090. The van der Waals surface area contributed by atoms with Crippen LogP contribution >= 0.6 is 0 Å². The van der Waals surface area contributed by atoms with Crippen LogP contribution < -0.4 is 4.74 Å². The van der Waals surface area contributed by atoms with E-state index in [2.05, 4.69) is 21.8 Å². The van der Waals surface area contributed by atoms with E-state index in [-0.39, 0.29) is 12.6 Å². The normalized spacial score (nSPS) is 18.6. The Labute approximate surface area is 156 Å². The second-order valence-electron chi connectivity index (χ2n) is 6.45. The average Bonchev–Trinajstić information content (AvgIpc) is 3.30. The lowest BCUT2D eigenvalue weighted by atomic mass is 10.1. The molecular weight excluding hydrogens is 368 g/mol. The first-order valence-corrected chi connectivity index (χ1v) is 10.1. The van der Waals surface area contributed by atoms with Gasteiger partial charge in [-0.2, -0.15) is 14.5 Å². The number of hydrogen-bond donors (Lipinski definition) is 0. The molecule has 0 spiro atoms. The molecule has 0 saturated carbocycles. The van der Waals surface area contributed by atoms with Crippen LogP contribution in [0.4, 0.5) is 0 Å². The number of hydrogen-bond acceptors (Lipinski definition) is 6. The predicted molar refractivity (Wildman–Crippen MR) is 99.5 cm³/mol. The highest BCUT2D eigenvalue weighted by atomic mass is 32.2. The first kappa shape index (κ1) is 17.7. The van der Waals surface area contributed by atoms with Gasteiger partial charge in [-0.3, -0.25) is 4.68 Å². The first-order chi connectivity index (χ1) is 13.0. The van der Waals surface area contributed by atoms with Crippen molar-refractivity contribution < 1.29 is 13.2 Å². The second-order valence-corrected chi connectivity index (χ2v) is 8.33. The molecule has 1 aliphatic heterocycles. The van der Waals surface area contributed by atoms with E-state index in [0.29, 0.717) is 18.1 Å². The molecule has 0 bridgehead atoms. The fourth-order valence-corrected chi connectivity index (χ4v) is 4.14. The molecule has 0 amide bonds. The van der Waals surface area contributed by atoms with Gasteiger partial charge in [-0.05, 0) is 18.9 Å². The number of nitrogens with zero attached hydrogens (tertiary/aromatic N) is 6. The van der Waals surface area contributed by atoms with Gasteiger partial charge >= 0.3 is 0 Å². The summed E-state index contributed by atoms with van der Waals surface area (Å²) in [5, 5.41) is 9.44. The Morgan fingerprint density at radius 2 is 2.19 bits per heavy atom. The molecule has 0 unspecified atom stereocenters. The van der Waals surface area contributed by atoms with Gasteiger partial charge in [0.15, 0.2) is 0 Å². The van der Waals surface area contributed by atoms with E-state index < -0.39 is 10.0 Å². The Morgan fingerprint density at radius 1 is 1.33 bits per heavy atom. The maximum absolute atomic E-state index is 12.1. The van der Waals surface area contributed by atoms with Gasteiger partial charge in [0.25, 0.3) is 0 Å². The third-order valence-electron chi connectivity index (χ3n) is 4.55. The largest absolute Gasteiger partial charge is 0.471 e. The van der Waals surface area contributed by atoms with Gasteiger partial charge in [-0.25, -0.2) is 17.9 Å². The van der Waals surface area contributed by atoms with Crippen molar-refractivity contribution in [2.24, 2.45) is 7.05 Å². The van der Waals surface area contributed by atoms with Gasteiger partial charge in [0.2, 0.25) is 15.9 Å². The highest BCUT2D eigenvalue weighted by molar-refractivity contribution is 7.92. The van der Waals surface area contributed by atoms with E-state index in [0.717, 1.165) is 29.3 Å². The molecule has 1 aliphatic rings. The summed E-state index contributed by atoms with van der Waals surface area (Å²) in [6, 6.07) is 1.82. The Morgan fingerprint density at radius 3 is 2.93 bits per heavy atom. The molecule has 3 aromatic rings. The van der Waals surface area contributed by atoms with Crippen molar-refractivity contribution in [3.63, 3.8) is 0 Å². The molecule has 1 saturated heterocycles. The molecule has 0 aliphatic carbocycles. The lowest BCUT2D eigenvalue weighted by molar-refractivity contribution is 0.127. The number of fused-ring (bicyclic) bond motifs is 1. The molecular formula is C17H20N6O3S. The second kappa shape index (κ2) is 6.78. The summed E-state index contributed by atoms with van der Waals surface area (Å²) >= 11 is 0. The fraction of sp³-hybridized carbons (Fsp3) is 0.353. The third kappa shape index (κ3) is 3.45. The van der Waals surface area contributed by atoms with Crippen LogP contribution in [0.15, 0.2) is 42.8 Å². The summed E-state index contributed by atoms with van der Waals surface area (Å²) in [6.45, 7) is 4.14. The predicted octanol–water partition coefficient (Wildman–Crippen LogP) is 1.45. The van der Waals surface area contributed by atoms with Gasteiger partial charge in [-0.1, -0.05) is 6.58 Å². The molecule has 0 radical (unpaired) electrons. The van der Waals surface area contributed by atoms with Gasteiger partial charge in [0, 0.05) is 30.8 Å². The summed E-state index contributed by atoms with van der Waals surface area (Å²) in [5.74, 6) is 0.428.